The van der Waals surface area contributed by atoms with Gasteiger partial charge < -0.3 is 9.84 Å². The van der Waals surface area contributed by atoms with E-state index in [0.717, 1.165) is 5.69 Å². The Labute approximate surface area is 138 Å². The zero-order valence-corrected chi connectivity index (χ0v) is 13.4. The fourth-order valence-electron chi connectivity index (χ4n) is 2.54. The third-order valence-electron chi connectivity index (χ3n) is 3.91. The number of aliphatic hydroxyl groups excluding tert-OH is 1. The minimum absolute atomic E-state index is 0.00396. The number of hydrogen-bond donors (Lipinski definition) is 1. The molecule has 3 rings (SSSR count). The van der Waals surface area contributed by atoms with Crippen LogP contribution in [0.3, 0.4) is 0 Å². The molecule has 1 aliphatic heterocycles. The molecule has 1 saturated heterocycles. The monoisotopic (exact) mass is 340 g/mol. The number of ether oxygens (including phenoxy) is 1. The fraction of sp³-hybridized carbons (Fsp3) is 0.467. The molecule has 0 amide bonds. The topological polar surface area (TPSA) is 63.4 Å². The largest absolute Gasteiger partial charge is 0.394 e. The van der Waals surface area contributed by atoms with E-state index in [2.05, 4.69) is 22.1 Å². The highest BCUT2D eigenvalue weighted by Gasteiger charge is 2.26. The number of morpholine rings is 1. The average Bonchev–Trinajstić information content (AvgIpc) is 3.01. The van der Waals surface area contributed by atoms with Crippen molar-refractivity contribution in [3.63, 3.8) is 0 Å². The predicted molar refractivity (Wildman–Crippen MR) is 83.0 cm³/mol. The van der Waals surface area contributed by atoms with E-state index in [9.17, 15) is 9.50 Å². The van der Waals surface area contributed by atoms with Gasteiger partial charge in [0, 0.05) is 19.1 Å². The van der Waals surface area contributed by atoms with Gasteiger partial charge >= 0.3 is 0 Å². The summed E-state index contributed by atoms with van der Waals surface area (Å²) in [5.41, 5.74) is 1.44. The maximum Gasteiger partial charge on any atom is 0.141 e. The first kappa shape index (κ1) is 16.3. The van der Waals surface area contributed by atoms with Gasteiger partial charge in [-0.15, -0.1) is 5.10 Å². The van der Waals surface area contributed by atoms with Crippen molar-refractivity contribution in [1.82, 2.24) is 19.9 Å². The van der Waals surface area contributed by atoms with Gasteiger partial charge in [0.05, 0.1) is 41.9 Å². The molecular weight excluding hydrogens is 323 g/mol. The molecule has 2 aromatic rings. The molecule has 0 spiro atoms. The lowest BCUT2D eigenvalue weighted by molar-refractivity contribution is -0.0808. The van der Waals surface area contributed by atoms with Gasteiger partial charge in [0.25, 0.3) is 0 Å². The summed E-state index contributed by atoms with van der Waals surface area (Å²) >= 11 is 5.79. The molecule has 0 unspecified atom stereocenters. The molecule has 8 heteroatoms. The molecule has 0 aliphatic carbocycles. The van der Waals surface area contributed by atoms with E-state index < -0.39 is 5.82 Å². The number of aliphatic hydroxyl groups is 1. The van der Waals surface area contributed by atoms with Crippen LogP contribution in [0.15, 0.2) is 24.4 Å². The lowest BCUT2D eigenvalue weighted by atomic mass is 10.2. The zero-order valence-electron chi connectivity index (χ0n) is 12.7. The Morgan fingerprint density at radius 3 is 3.04 bits per heavy atom. The van der Waals surface area contributed by atoms with E-state index in [0.29, 0.717) is 25.4 Å². The molecule has 1 N–H and O–H groups in total. The van der Waals surface area contributed by atoms with Gasteiger partial charge in [-0.1, -0.05) is 16.8 Å². The summed E-state index contributed by atoms with van der Waals surface area (Å²) < 4.78 is 20.3. The Balaban J connectivity index is 1.72. The molecule has 0 bridgehead atoms. The van der Waals surface area contributed by atoms with Gasteiger partial charge in [0.15, 0.2) is 0 Å². The molecule has 124 valence electrons. The van der Waals surface area contributed by atoms with Gasteiger partial charge in [-0.3, -0.25) is 4.90 Å². The Kier molecular flexibility index (Phi) is 4.91. The van der Waals surface area contributed by atoms with Gasteiger partial charge in [-0.05, 0) is 25.1 Å². The summed E-state index contributed by atoms with van der Waals surface area (Å²) in [7, 11) is 0. The molecule has 2 heterocycles. The fourth-order valence-corrected chi connectivity index (χ4v) is 2.71. The van der Waals surface area contributed by atoms with Gasteiger partial charge in [0.1, 0.15) is 5.82 Å². The van der Waals surface area contributed by atoms with Crippen molar-refractivity contribution in [2.45, 2.75) is 25.6 Å². The van der Waals surface area contributed by atoms with Crippen molar-refractivity contribution < 1.29 is 14.2 Å². The van der Waals surface area contributed by atoms with Crippen molar-refractivity contribution in [2.75, 3.05) is 19.8 Å². The number of hydrogen-bond acceptors (Lipinski definition) is 5. The van der Waals surface area contributed by atoms with Crippen LogP contribution in [0.4, 0.5) is 4.39 Å². The van der Waals surface area contributed by atoms with Gasteiger partial charge in [-0.2, -0.15) is 0 Å². The van der Waals surface area contributed by atoms with E-state index in [1.165, 1.54) is 12.1 Å². The number of benzene rings is 1. The third-order valence-corrected chi connectivity index (χ3v) is 4.20. The van der Waals surface area contributed by atoms with Crippen LogP contribution in [0.2, 0.25) is 5.02 Å². The van der Waals surface area contributed by atoms with Crippen LogP contribution < -0.4 is 0 Å². The van der Waals surface area contributed by atoms with Crippen molar-refractivity contribution in [2.24, 2.45) is 0 Å². The van der Waals surface area contributed by atoms with Gasteiger partial charge in [0.2, 0.25) is 0 Å². The van der Waals surface area contributed by atoms with Crippen LogP contribution in [0.1, 0.15) is 12.6 Å². The zero-order chi connectivity index (χ0) is 16.4. The van der Waals surface area contributed by atoms with Crippen molar-refractivity contribution in [1.29, 1.82) is 0 Å². The molecule has 6 nitrogen and oxygen atoms in total. The summed E-state index contributed by atoms with van der Waals surface area (Å²) in [6.07, 6.45) is 1.62. The molecule has 0 saturated carbocycles. The molecule has 1 fully saturated rings. The maximum atomic E-state index is 13.2. The van der Waals surface area contributed by atoms with Crippen molar-refractivity contribution >= 4 is 11.6 Å². The van der Waals surface area contributed by atoms with E-state index >= 15 is 0 Å². The second kappa shape index (κ2) is 6.92. The summed E-state index contributed by atoms with van der Waals surface area (Å²) in [5, 5.41) is 17.5. The number of rotatable bonds is 4. The maximum absolute atomic E-state index is 13.2. The lowest BCUT2D eigenvalue weighted by Gasteiger charge is -2.36. The molecule has 1 aromatic carbocycles. The predicted octanol–water partition coefficient (Wildman–Crippen LogP) is 1.64. The average molecular weight is 341 g/mol. The summed E-state index contributed by atoms with van der Waals surface area (Å²) in [5.74, 6) is -0.465. The number of halogens is 2. The third kappa shape index (κ3) is 3.69. The summed E-state index contributed by atoms with van der Waals surface area (Å²) in [6.45, 7) is 3.90. The van der Waals surface area contributed by atoms with Crippen molar-refractivity contribution in [3.05, 3.63) is 40.9 Å². The van der Waals surface area contributed by atoms with Gasteiger partial charge in [-0.25, -0.2) is 9.07 Å². The second-order valence-corrected chi connectivity index (χ2v) is 6.08. The van der Waals surface area contributed by atoms with E-state index in [-0.39, 0.29) is 23.8 Å². The SMILES string of the molecule is C[C@@H]1CO[C@H](CO)CN1Cc1cn(-c2ccc(F)c(Cl)c2)nn1. The Bertz CT molecular complexity index is 681. The van der Waals surface area contributed by atoms with Crippen LogP contribution in [-0.4, -0.2) is 56.9 Å². The molecule has 1 aromatic heterocycles. The van der Waals surface area contributed by atoms with Crippen LogP contribution in [0.25, 0.3) is 5.69 Å². The smallest absolute Gasteiger partial charge is 0.141 e. The number of aromatic nitrogens is 3. The van der Waals surface area contributed by atoms with Crippen molar-refractivity contribution in [3.8, 4) is 5.69 Å². The molecule has 2 atom stereocenters. The molecular formula is C15H18ClFN4O2. The second-order valence-electron chi connectivity index (χ2n) is 5.67. The van der Waals surface area contributed by atoms with Crippen LogP contribution in [0, 0.1) is 5.82 Å². The van der Waals surface area contributed by atoms with E-state index in [4.69, 9.17) is 16.3 Å². The molecule has 0 radical (unpaired) electrons. The Hall–Kier alpha value is -1.54. The van der Waals surface area contributed by atoms with Crippen LogP contribution >= 0.6 is 11.6 Å². The first-order valence-corrected chi connectivity index (χ1v) is 7.77. The normalized spacial score (nSPS) is 22.4. The quantitative estimate of drug-likeness (QED) is 0.916. The summed E-state index contributed by atoms with van der Waals surface area (Å²) in [4.78, 5) is 2.19. The molecule has 1 aliphatic rings. The number of nitrogens with zero attached hydrogens (tertiary/aromatic N) is 4. The lowest BCUT2D eigenvalue weighted by Crippen LogP contribution is -2.48. The van der Waals surface area contributed by atoms with Crippen LogP contribution in [-0.2, 0) is 11.3 Å². The van der Waals surface area contributed by atoms with E-state index in [1.807, 2.05) is 0 Å². The Morgan fingerprint density at radius 2 is 2.30 bits per heavy atom. The highest BCUT2D eigenvalue weighted by molar-refractivity contribution is 6.30. The highest BCUT2D eigenvalue weighted by atomic mass is 35.5. The summed E-state index contributed by atoms with van der Waals surface area (Å²) in [6, 6.07) is 4.64. The van der Waals surface area contributed by atoms with E-state index in [1.54, 1.807) is 16.9 Å². The van der Waals surface area contributed by atoms with Crippen LogP contribution in [0.5, 0.6) is 0 Å². The standard InChI is InChI=1S/C15H18ClFN4O2/c1-10-9-23-13(8-22)7-20(10)5-11-6-21(19-18-11)12-2-3-15(17)14(16)4-12/h2-4,6,10,13,22H,5,7-9H2,1H3/t10-,13+/m1/s1. The molecule has 23 heavy (non-hydrogen) atoms. The Morgan fingerprint density at radius 1 is 1.48 bits per heavy atom. The highest BCUT2D eigenvalue weighted by Crippen LogP contribution is 2.19. The first-order valence-electron chi connectivity index (χ1n) is 7.40. The first-order chi connectivity index (χ1) is 11.1. The minimum Gasteiger partial charge on any atom is -0.394 e. The minimum atomic E-state index is -0.465.